The minimum atomic E-state index is -1.20. The lowest BCUT2D eigenvalue weighted by atomic mass is 10.1. The number of phenols is 1. The molecule has 0 heterocycles. The molecule has 0 aromatic heterocycles. The van der Waals surface area contributed by atoms with Gasteiger partial charge in [-0.1, -0.05) is 26.7 Å². The number of unbranched alkanes of at least 4 members (excludes halogenated alkanes) is 3. The number of benzene rings is 1. The predicted octanol–water partition coefficient (Wildman–Crippen LogP) is 2.95. The number of aromatic hydroxyl groups is 1. The van der Waals surface area contributed by atoms with E-state index < -0.39 is 17.7 Å². The molecule has 0 unspecified atom stereocenters. The number of methoxy groups -OCH3 is 2. The van der Waals surface area contributed by atoms with Crippen LogP contribution >= 0.6 is 0 Å². The van der Waals surface area contributed by atoms with Gasteiger partial charge in [-0.3, -0.25) is 4.79 Å². The van der Waals surface area contributed by atoms with Crippen LogP contribution in [0.5, 0.6) is 17.2 Å². The number of nitrogens with zero attached hydrogens (tertiary/aromatic N) is 1. The van der Waals surface area contributed by atoms with Gasteiger partial charge in [0, 0.05) is 6.42 Å². The second kappa shape index (κ2) is 12.8. The van der Waals surface area contributed by atoms with Gasteiger partial charge in [0.1, 0.15) is 0 Å². The van der Waals surface area contributed by atoms with E-state index in [0.717, 1.165) is 45.0 Å². The Morgan fingerprint density at radius 2 is 1.62 bits per heavy atom. The summed E-state index contributed by atoms with van der Waals surface area (Å²) in [4.78, 5) is 38.2. The molecule has 0 fully saturated rings. The molecule has 1 rings (SSSR count). The molecule has 0 aliphatic rings. The molecule has 0 saturated carbocycles. The summed E-state index contributed by atoms with van der Waals surface area (Å²) >= 11 is 0. The quantitative estimate of drug-likeness (QED) is 0.230. The Bertz CT molecular complexity index is 699. The van der Waals surface area contributed by atoms with E-state index >= 15 is 0 Å². The number of ether oxygens (including phenoxy) is 3. The van der Waals surface area contributed by atoms with Crippen molar-refractivity contribution in [2.75, 3.05) is 33.9 Å². The molecular formula is C21H31NO7. The van der Waals surface area contributed by atoms with Crippen LogP contribution in [-0.4, -0.2) is 61.6 Å². The Morgan fingerprint density at radius 3 is 2.21 bits per heavy atom. The Kier molecular flexibility index (Phi) is 10.8. The summed E-state index contributed by atoms with van der Waals surface area (Å²) in [7, 11) is 2.67. The number of carbonyl (C=O) groups is 3. The lowest BCUT2D eigenvalue weighted by molar-refractivity contribution is -0.149. The fraction of sp³-hybridized carbons (Fsp3) is 0.571. The SMILES string of the molecule is CCN(CC)CCCCCCC(=O)C(=O)OC(=O)c1cc(O)c(OC)c(OC)c1. The van der Waals surface area contributed by atoms with E-state index in [-0.39, 0.29) is 29.2 Å². The second-order valence-corrected chi connectivity index (χ2v) is 6.52. The molecular weight excluding hydrogens is 378 g/mol. The first kappa shape index (κ1) is 24.4. The van der Waals surface area contributed by atoms with Crippen LogP contribution in [0.1, 0.15) is 56.3 Å². The van der Waals surface area contributed by atoms with Gasteiger partial charge in [0.05, 0.1) is 19.8 Å². The van der Waals surface area contributed by atoms with Crippen LogP contribution in [-0.2, 0) is 14.3 Å². The van der Waals surface area contributed by atoms with Gasteiger partial charge in [0.15, 0.2) is 11.5 Å². The van der Waals surface area contributed by atoms with Gasteiger partial charge >= 0.3 is 11.9 Å². The van der Waals surface area contributed by atoms with Crippen molar-refractivity contribution < 1.29 is 33.7 Å². The molecule has 8 heteroatoms. The van der Waals surface area contributed by atoms with E-state index in [2.05, 4.69) is 23.5 Å². The van der Waals surface area contributed by atoms with Crippen LogP contribution in [0.4, 0.5) is 0 Å². The maximum atomic E-state index is 12.1. The van der Waals surface area contributed by atoms with E-state index in [0.29, 0.717) is 6.42 Å². The molecule has 1 aromatic rings. The summed E-state index contributed by atoms with van der Waals surface area (Å²) in [6.45, 7) is 7.31. The molecule has 1 N–H and O–H groups in total. The molecule has 29 heavy (non-hydrogen) atoms. The maximum Gasteiger partial charge on any atom is 0.382 e. The highest BCUT2D eigenvalue weighted by atomic mass is 16.6. The molecule has 0 aliphatic heterocycles. The lowest BCUT2D eigenvalue weighted by Crippen LogP contribution is -2.23. The Balaban J connectivity index is 2.46. The average molecular weight is 409 g/mol. The highest BCUT2D eigenvalue weighted by molar-refractivity contribution is 6.35. The predicted molar refractivity (Wildman–Crippen MR) is 108 cm³/mol. The number of phenolic OH excluding ortho intramolecular Hbond substituents is 1. The number of esters is 2. The third-order valence-electron chi connectivity index (χ3n) is 4.63. The Hall–Kier alpha value is -2.61. The zero-order valence-corrected chi connectivity index (χ0v) is 17.7. The Labute approximate surface area is 171 Å². The van der Waals surface area contributed by atoms with Crippen molar-refractivity contribution in [3.05, 3.63) is 17.7 Å². The number of ketones is 1. The number of rotatable bonds is 13. The molecule has 1 aromatic carbocycles. The summed E-state index contributed by atoms with van der Waals surface area (Å²) in [5.41, 5.74) is -0.127. The summed E-state index contributed by atoms with van der Waals surface area (Å²) in [6.07, 6.45) is 3.45. The molecule has 0 bridgehead atoms. The van der Waals surface area contributed by atoms with Gasteiger partial charge in [-0.2, -0.15) is 0 Å². The number of carbonyl (C=O) groups excluding carboxylic acids is 3. The van der Waals surface area contributed by atoms with Crippen molar-refractivity contribution in [2.45, 2.75) is 46.0 Å². The van der Waals surface area contributed by atoms with Gasteiger partial charge in [0.25, 0.3) is 0 Å². The van der Waals surface area contributed by atoms with Gasteiger partial charge in [-0.25, -0.2) is 9.59 Å². The fourth-order valence-corrected chi connectivity index (χ4v) is 2.88. The molecule has 162 valence electrons. The minimum absolute atomic E-state index is 0.0363. The van der Waals surface area contributed by atoms with Crippen molar-refractivity contribution in [1.29, 1.82) is 0 Å². The largest absolute Gasteiger partial charge is 0.504 e. The van der Waals surface area contributed by atoms with Crippen LogP contribution in [0.2, 0.25) is 0 Å². The normalized spacial score (nSPS) is 10.7. The molecule has 0 spiro atoms. The molecule has 0 aliphatic carbocycles. The zero-order chi connectivity index (χ0) is 21.8. The minimum Gasteiger partial charge on any atom is -0.504 e. The fourth-order valence-electron chi connectivity index (χ4n) is 2.88. The molecule has 8 nitrogen and oxygen atoms in total. The van der Waals surface area contributed by atoms with Crippen molar-refractivity contribution >= 4 is 17.7 Å². The molecule has 0 radical (unpaired) electrons. The first-order valence-electron chi connectivity index (χ1n) is 9.84. The van der Waals surface area contributed by atoms with E-state index in [1.54, 1.807) is 0 Å². The van der Waals surface area contributed by atoms with Gasteiger partial charge in [-0.15, -0.1) is 0 Å². The molecule has 0 amide bonds. The van der Waals surface area contributed by atoms with Gasteiger partial charge in [0.2, 0.25) is 11.5 Å². The topological polar surface area (TPSA) is 102 Å². The van der Waals surface area contributed by atoms with Crippen LogP contribution in [0.25, 0.3) is 0 Å². The van der Waals surface area contributed by atoms with Crippen LogP contribution in [0.3, 0.4) is 0 Å². The third kappa shape index (κ3) is 7.73. The highest BCUT2D eigenvalue weighted by Crippen LogP contribution is 2.37. The smallest absolute Gasteiger partial charge is 0.382 e. The van der Waals surface area contributed by atoms with Gasteiger partial charge < -0.3 is 24.2 Å². The van der Waals surface area contributed by atoms with Crippen molar-refractivity contribution in [3.8, 4) is 17.2 Å². The Morgan fingerprint density at radius 1 is 0.966 bits per heavy atom. The molecule has 0 atom stereocenters. The average Bonchev–Trinajstić information content (AvgIpc) is 2.72. The standard InChI is InChI=1S/C21H31NO7/c1-5-22(6-2)12-10-8-7-9-11-16(23)21(26)29-20(25)15-13-17(24)19(28-4)18(14-15)27-3/h13-14,24H,5-12H2,1-4H3. The number of hydrogen-bond donors (Lipinski definition) is 1. The van der Waals surface area contributed by atoms with E-state index in [4.69, 9.17) is 9.47 Å². The lowest BCUT2D eigenvalue weighted by Gasteiger charge is -2.17. The first-order valence-corrected chi connectivity index (χ1v) is 9.84. The second-order valence-electron chi connectivity index (χ2n) is 6.52. The summed E-state index contributed by atoms with van der Waals surface area (Å²) in [6, 6.07) is 2.34. The van der Waals surface area contributed by atoms with Crippen molar-refractivity contribution in [3.63, 3.8) is 0 Å². The zero-order valence-electron chi connectivity index (χ0n) is 17.7. The third-order valence-corrected chi connectivity index (χ3v) is 4.63. The van der Waals surface area contributed by atoms with Crippen molar-refractivity contribution in [2.24, 2.45) is 0 Å². The summed E-state index contributed by atoms with van der Waals surface area (Å²) < 4.78 is 14.6. The highest BCUT2D eigenvalue weighted by Gasteiger charge is 2.22. The summed E-state index contributed by atoms with van der Waals surface area (Å²) in [5, 5.41) is 9.88. The van der Waals surface area contributed by atoms with E-state index in [9.17, 15) is 19.5 Å². The van der Waals surface area contributed by atoms with E-state index in [1.165, 1.54) is 20.3 Å². The monoisotopic (exact) mass is 409 g/mol. The summed E-state index contributed by atoms with van der Waals surface area (Å²) in [5.74, 6) is -3.18. The number of hydrogen-bond acceptors (Lipinski definition) is 8. The van der Waals surface area contributed by atoms with Crippen molar-refractivity contribution in [1.82, 2.24) is 4.90 Å². The first-order chi connectivity index (χ1) is 13.9. The van der Waals surface area contributed by atoms with Crippen LogP contribution in [0.15, 0.2) is 12.1 Å². The van der Waals surface area contributed by atoms with Crippen LogP contribution < -0.4 is 9.47 Å². The van der Waals surface area contributed by atoms with Gasteiger partial charge in [-0.05, 0) is 44.6 Å². The van der Waals surface area contributed by atoms with Crippen LogP contribution in [0, 0.1) is 0 Å². The molecule has 0 saturated heterocycles. The van der Waals surface area contributed by atoms with E-state index in [1.807, 2.05) is 0 Å². The number of Topliss-reactive ketones (excluding diaryl/α,β-unsaturated/α-hetero) is 1. The maximum absolute atomic E-state index is 12.1.